The van der Waals surface area contributed by atoms with Crippen molar-refractivity contribution in [3.8, 4) is 0 Å². The largest absolute Gasteiger partial charge is 0.339 e. The molecule has 2 rings (SSSR count). The second-order valence-electron chi connectivity index (χ2n) is 4.72. The van der Waals surface area contributed by atoms with Crippen LogP contribution < -0.4 is 5.32 Å². The van der Waals surface area contributed by atoms with Crippen molar-refractivity contribution in [3.63, 3.8) is 0 Å². The first kappa shape index (κ1) is 17.8. The third-order valence-corrected chi connectivity index (χ3v) is 5.40. The SMILES string of the molecule is CN(C)C(=O)Sc1ccccc1NC(=O)/C=C/c1ccc(Br)s1. The Morgan fingerprint density at radius 2 is 1.96 bits per heavy atom. The maximum atomic E-state index is 12.1. The number of hydrogen-bond acceptors (Lipinski definition) is 4. The van der Waals surface area contributed by atoms with Gasteiger partial charge in [-0.1, -0.05) is 12.1 Å². The molecule has 4 nitrogen and oxygen atoms in total. The zero-order valence-corrected chi connectivity index (χ0v) is 15.8. The zero-order valence-electron chi connectivity index (χ0n) is 12.6. The van der Waals surface area contributed by atoms with Crippen LogP contribution in [-0.2, 0) is 4.79 Å². The smallest absolute Gasteiger partial charge is 0.286 e. The molecule has 1 N–H and O–H groups in total. The van der Waals surface area contributed by atoms with Crippen LogP contribution in [0, 0.1) is 0 Å². The fourth-order valence-corrected chi connectivity index (χ4v) is 3.67. The molecule has 0 aliphatic rings. The molecule has 0 spiro atoms. The van der Waals surface area contributed by atoms with E-state index in [1.54, 1.807) is 37.6 Å². The molecule has 0 fully saturated rings. The minimum absolute atomic E-state index is 0.0920. The third-order valence-electron chi connectivity index (χ3n) is 2.70. The van der Waals surface area contributed by atoms with Gasteiger partial charge in [-0.2, -0.15) is 0 Å². The van der Waals surface area contributed by atoms with Gasteiger partial charge in [0.2, 0.25) is 5.91 Å². The highest BCUT2D eigenvalue weighted by Gasteiger charge is 2.11. The number of nitrogens with zero attached hydrogens (tertiary/aromatic N) is 1. The molecule has 0 bridgehead atoms. The lowest BCUT2D eigenvalue weighted by Gasteiger charge is -2.12. The van der Waals surface area contributed by atoms with E-state index in [1.807, 2.05) is 30.3 Å². The van der Waals surface area contributed by atoms with E-state index in [9.17, 15) is 9.59 Å². The molecular formula is C16H15BrN2O2S2. The average molecular weight is 411 g/mol. The van der Waals surface area contributed by atoms with Crippen LogP contribution in [-0.4, -0.2) is 30.1 Å². The Labute approximate surface area is 151 Å². The fourth-order valence-electron chi connectivity index (χ4n) is 1.59. The van der Waals surface area contributed by atoms with Gasteiger partial charge in [0, 0.05) is 29.9 Å². The summed E-state index contributed by atoms with van der Waals surface area (Å²) in [4.78, 5) is 27.1. The van der Waals surface area contributed by atoms with E-state index in [0.29, 0.717) is 10.6 Å². The number of thioether (sulfide) groups is 1. The summed E-state index contributed by atoms with van der Waals surface area (Å²) in [7, 11) is 3.39. The predicted octanol–water partition coefficient (Wildman–Crippen LogP) is 4.94. The third kappa shape index (κ3) is 5.53. The Hall–Kier alpha value is -1.57. The lowest BCUT2D eigenvalue weighted by atomic mass is 10.3. The van der Waals surface area contributed by atoms with Gasteiger partial charge in [0.1, 0.15) is 0 Å². The normalized spacial score (nSPS) is 10.7. The molecule has 1 aromatic heterocycles. The molecule has 0 radical (unpaired) electrons. The van der Waals surface area contributed by atoms with E-state index in [-0.39, 0.29) is 11.1 Å². The first-order valence-corrected chi connectivity index (χ1v) is 9.11. The number of thiophene rings is 1. The molecule has 0 aliphatic heterocycles. The van der Waals surface area contributed by atoms with Crippen molar-refractivity contribution in [1.29, 1.82) is 0 Å². The summed E-state index contributed by atoms with van der Waals surface area (Å²) in [6, 6.07) is 11.1. The van der Waals surface area contributed by atoms with E-state index in [0.717, 1.165) is 20.4 Å². The Morgan fingerprint density at radius 3 is 2.61 bits per heavy atom. The number of anilines is 1. The highest BCUT2D eigenvalue weighted by molar-refractivity contribution is 9.11. The Morgan fingerprint density at radius 1 is 1.22 bits per heavy atom. The van der Waals surface area contributed by atoms with E-state index in [1.165, 1.54) is 11.0 Å². The summed E-state index contributed by atoms with van der Waals surface area (Å²) >= 11 is 6.01. The van der Waals surface area contributed by atoms with Gasteiger partial charge in [0.25, 0.3) is 5.24 Å². The number of benzene rings is 1. The summed E-state index contributed by atoms with van der Waals surface area (Å²) in [6.07, 6.45) is 3.24. The fraction of sp³-hybridized carbons (Fsp3) is 0.125. The maximum Gasteiger partial charge on any atom is 0.286 e. The van der Waals surface area contributed by atoms with Crippen molar-refractivity contribution in [1.82, 2.24) is 4.90 Å². The van der Waals surface area contributed by atoms with Gasteiger partial charge in [-0.05, 0) is 58.0 Å². The number of carbonyl (C=O) groups excluding carboxylic acids is 2. The van der Waals surface area contributed by atoms with Crippen LogP contribution in [0.3, 0.4) is 0 Å². The van der Waals surface area contributed by atoms with Gasteiger partial charge in [-0.3, -0.25) is 9.59 Å². The second-order valence-corrected chi connectivity index (χ2v) is 8.21. The summed E-state index contributed by atoms with van der Waals surface area (Å²) < 4.78 is 1.02. The van der Waals surface area contributed by atoms with Gasteiger partial charge < -0.3 is 10.2 Å². The lowest BCUT2D eigenvalue weighted by molar-refractivity contribution is -0.111. The molecule has 2 aromatic rings. The van der Waals surface area contributed by atoms with Gasteiger partial charge >= 0.3 is 0 Å². The molecule has 2 amide bonds. The second kappa shape index (κ2) is 8.33. The molecule has 1 aromatic carbocycles. The quantitative estimate of drug-likeness (QED) is 0.573. The molecule has 0 aliphatic carbocycles. The van der Waals surface area contributed by atoms with Crippen molar-refractivity contribution in [2.45, 2.75) is 4.90 Å². The number of rotatable bonds is 4. The molecule has 23 heavy (non-hydrogen) atoms. The monoisotopic (exact) mass is 410 g/mol. The van der Waals surface area contributed by atoms with E-state index < -0.39 is 0 Å². The van der Waals surface area contributed by atoms with Gasteiger partial charge in [0.15, 0.2) is 0 Å². The Balaban J connectivity index is 2.06. The molecule has 0 unspecified atom stereocenters. The number of halogens is 1. The number of nitrogens with one attached hydrogen (secondary N) is 1. The minimum Gasteiger partial charge on any atom is -0.339 e. The summed E-state index contributed by atoms with van der Waals surface area (Å²) in [5.74, 6) is -0.236. The van der Waals surface area contributed by atoms with Crippen molar-refractivity contribution >= 4 is 61.9 Å². The van der Waals surface area contributed by atoms with Crippen LogP contribution in [0.15, 0.2) is 51.2 Å². The van der Waals surface area contributed by atoms with Crippen molar-refractivity contribution in [3.05, 3.63) is 51.1 Å². The van der Waals surface area contributed by atoms with Crippen molar-refractivity contribution in [2.24, 2.45) is 0 Å². The summed E-state index contributed by atoms with van der Waals surface area (Å²) in [6.45, 7) is 0. The van der Waals surface area contributed by atoms with Crippen LogP contribution in [0.2, 0.25) is 0 Å². The lowest BCUT2D eigenvalue weighted by Crippen LogP contribution is -2.16. The molecule has 1 heterocycles. The molecule has 0 saturated heterocycles. The van der Waals surface area contributed by atoms with Crippen molar-refractivity contribution < 1.29 is 9.59 Å². The maximum absolute atomic E-state index is 12.1. The van der Waals surface area contributed by atoms with Crippen LogP contribution >= 0.6 is 39.0 Å². The highest BCUT2D eigenvalue weighted by atomic mass is 79.9. The van der Waals surface area contributed by atoms with Crippen LogP contribution in [0.25, 0.3) is 6.08 Å². The van der Waals surface area contributed by atoms with E-state index in [2.05, 4.69) is 21.2 Å². The molecule has 0 saturated carbocycles. The van der Waals surface area contributed by atoms with Gasteiger partial charge in [-0.25, -0.2) is 0 Å². The van der Waals surface area contributed by atoms with Gasteiger partial charge in [0.05, 0.1) is 9.47 Å². The summed E-state index contributed by atoms with van der Waals surface area (Å²) in [5, 5.41) is 2.72. The Kier molecular flexibility index (Phi) is 6.44. The summed E-state index contributed by atoms with van der Waals surface area (Å²) in [5.41, 5.74) is 0.620. The van der Waals surface area contributed by atoms with E-state index >= 15 is 0 Å². The Bertz CT molecular complexity index is 741. The highest BCUT2D eigenvalue weighted by Crippen LogP contribution is 2.28. The first-order chi connectivity index (χ1) is 11.0. The molecule has 120 valence electrons. The zero-order chi connectivity index (χ0) is 16.8. The van der Waals surface area contributed by atoms with Crippen molar-refractivity contribution in [2.75, 3.05) is 19.4 Å². The van der Waals surface area contributed by atoms with E-state index in [4.69, 9.17) is 0 Å². The van der Waals surface area contributed by atoms with Crippen LogP contribution in [0.1, 0.15) is 4.88 Å². The standard InChI is InChI=1S/C16H15BrN2O2S2/c1-19(2)16(21)23-13-6-4-3-5-12(13)18-15(20)10-8-11-7-9-14(17)22-11/h3-10H,1-2H3,(H,18,20)/b10-8+. The first-order valence-electron chi connectivity index (χ1n) is 6.68. The molecule has 0 atom stereocenters. The van der Waals surface area contributed by atoms with Gasteiger partial charge in [-0.15, -0.1) is 11.3 Å². The number of hydrogen-bond donors (Lipinski definition) is 1. The number of para-hydroxylation sites is 1. The molecule has 7 heteroatoms. The minimum atomic E-state index is -0.236. The predicted molar refractivity (Wildman–Crippen MR) is 101 cm³/mol. The van der Waals surface area contributed by atoms with Crippen LogP contribution in [0.5, 0.6) is 0 Å². The van der Waals surface area contributed by atoms with Crippen LogP contribution in [0.4, 0.5) is 10.5 Å². The number of carbonyl (C=O) groups is 2. The molecular weight excluding hydrogens is 396 g/mol. The number of amides is 2. The average Bonchev–Trinajstić information content (AvgIpc) is 2.92. The topological polar surface area (TPSA) is 49.4 Å².